The Hall–Kier alpha value is -8.97. The van der Waals surface area contributed by atoms with Crippen molar-refractivity contribution in [1.29, 1.82) is 0 Å². The molecule has 4 fully saturated rings. The number of aromatic nitrogens is 4. The maximum absolute atomic E-state index is 5.80. The van der Waals surface area contributed by atoms with Crippen molar-refractivity contribution in [1.82, 2.24) is 19.5 Å². The molecule has 0 N–H and O–H groups in total. The predicted octanol–water partition coefficient (Wildman–Crippen LogP) is 14.9. The molecule has 10 aromatic carbocycles. The van der Waals surface area contributed by atoms with Crippen LogP contribution in [0, 0.1) is 23.7 Å². The van der Waals surface area contributed by atoms with E-state index < -0.39 is 8.07 Å². The van der Waals surface area contributed by atoms with Gasteiger partial charge in [-0.3, -0.25) is 9.47 Å². The predicted molar refractivity (Wildman–Crippen MR) is 327 cm³/mol. The van der Waals surface area contributed by atoms with E-state index >= 15 is 0 Å². The third kappa shape index (κ3) is 7.10. The molecule has 4 aliphatic carbocycles. The van der Waals surface area contributed by atoms with Gasteiger partial charge in [0.15, 0.2) is 13.9 Å². The molecule has 378 valence electrons. The molecule has 0 unspecified atom stereocenters. The molecule has 0 saturated heterocycles. The summed E-state index contributed by atoms with van der Waals surface area (Å²) in [6.45, 7) is 0. The third-order valence-electron chi connectivity index (χ3n) is 18.8. The summed E-state index contributed by atoms with van der Waals surface area (Å²) in [5, 5.41) is 7.49. The highest BCUT2D eigenvalue weighted by molar-refractivity contribution is 7.19. The van der Waals surface area contributed by atoms with E-state index in [9.17, 15) is 0 Å². The Morgan fingerprint density at radius 1 is 0.342 bits per heavy atom. The SMILES string of the molecule is c1ccc(-c2ccc3c(c2)c2cc(-c4ccccc4)ccc2n3-c2nc(-c3cccc([Si](c4ccccc4)(c4ccccc4)c4ccccc4)c3)nc(N3c4ccccc4C4(c5ccccc53)C3CC5CC(C3)CC4C5)n2)cc1. The third-order valence-corrected chi connectivity index (χ3v) is 23.5. The minimum absolute atomic E-state index is 0.0653. The molecule has 1 spiro atoms. The van der Waals surface area contributed by atoms with Gasteiger partial charge in [0.1, 0.15) is 0 Å². The molecule has 2 aromatic heterocycles. The van der Waals surface area contributed by atoms with Crippen LogP contribution in [0.5, 0.6) is 0 Å². The fourth-order valence-corrected chi connectivity index (χ4v) is 20.6. The Labute approximate surface area is 462 Å². The fourth-order valence-electron chi connectivity index (χ4n) is 15.8. The minimum atomic E-state index is -2.93. The Balaban J connectivity index is 0.969. The van der Waals surface area contributed by atoms with E-state index in [0.29, 0.717) is 29.6 Å². The van der Waals surface area contributed by atoms with Gasteiger partial charge in [0.05, 0.1) is 22.4 Å². The highest BCUT2D eigenvalue weighted by Crippen LogP contribution is 2.69. The minimum Gasteiger partial charge on any atom is -0.278 e. The maximum atomic E-state index is 5.80. The van der Waals surface area contributed by atoms with E-state index in [2.05, 4.69) is 270 Å². The Kier molecular flexibility index (Phi) is 10.7. The van der Waals surface area contributed by atoms with Gasteiger partial charge in [-0.05, 0) is 146 Å². The van der Waals surface area contributed by atoms with Gasteiger partial charge in [-0.25, -0.2) is 0 Å². The molecule has 17 rings (SSSR count). The van der Waals surface area contributed by atoms with Crippen molar-refractivity contribution in [2.45, 2.75) is 37.5 Å². The lowest BCUT2D eigenvalue weighted by atomic mass is 9.41. The first-order valence-corrected chi connectivity index (χ1v) is 30.3. The number of nitrogens with zero attached hydrogens (tertiary/aromatic N) is 5. The average Bonchev–Trinajstić information content (AvgIpc) is 4.01. The first-order chi connectivity index (χ1) is 39.1. The van der Waals surface area contributed by atoms with Crippen molar-refractivity contribution in [3.63, 3.8) is 0 Å². The number of fused-ring (bicyclic) bond motifs is 5. The number of rotatable bonds is 9. The van der Waals surface area contributed by atoms with Crippen molar-refractivity contribution in [2.24, 2.45) is 23.7 Å². The highest BCUT2D eigenvalue weighted by Gasteiger charge is 2.61. The summed E-state index contributed by atoms with van der Waals surface area (Å²) in [5.74, 6) is 4.68. The molecule has 4 bridgehead atoms. The molecular formula is C73H57N5Si. The molecule has 12 aromatic rings. The van der Waals surface area contributed by atoms with Gasteiger partial charge in [-0.2, -0.15) is 15.0 Å². The van der Waals surface area contributed by atoms with Crippen LogP contribution in [-0.2, 0) is 5.41 Å². The van der Waals surface area contributed by atoms with Crippen LogP contribution < -0.4 is 25.6 Å². The monoisotopic (exact) mass is 1030 g/mol. The smallest absolute Gasteiger partial charge is 0.240 e. The molecule has 4 saturated carbocycles. The van der Waals surface area contributed by atoms with Gasteiger partial charge in [-0.15, -0.1) is 0 Å². The van der Waals surface area contributed by atoms with E-state index in [-0.39, 0.29) is 5.41 Å². The largest absolute Gasteiger partial charge is 0.278 e. The summed E-state index contributed by atoms with van der Waals surface area (Å²) in [4.78, 5) is 19.7. The van der Waals surface area contributed by atoms with E-state index in [4.69, 9.17) is 15.0 Å². The van der Waals surface area contributed by atoms with Gasteiger partial charge >= 0.3 is 0 Å². The molecular weight excluding hydrogens is 975 g/mol. The lowest BCUT2D eigenvalue weighted by molar-refractivity contribution is -0.0419. The second-order valence-electron chi connectivity index (χ2n) is 22.8. The fraction of sp³-hybridized carbons (Fsp3) is 0.137. The maximum Gasteiger partial charge on any atom is 0.240 e. The molecule has 0 radical (unpaired) electrons. The van der Waals surface area contributed by atoms with E-state index in [1.165, 1.54) is 86.5 Å². The molecule has 1 aliphatic heterocycles. The Morgan fingerprint density at radius 3 is 1.25 bits per heavy atom. The molecule has 6 heteroatoms. The van der Waals surface area contributed by atoms with Gasteiger partial charge < -0.3 is 0 Å². The van der Waals surface area contributed by atoms with Crippen LogP contribution in [0.25, 0.3) is 61.4 Å². The molecule has 5 nitrogen and oxygen atoms in total. The first kappa shape index (κ1) is 46.2. The van der Waals surface area contributed by atoms with Gasteiger partial charge in [0.25, 0.3) is 0 Å². The highest BCUT2D eigenvalue weighted by atomic mass is 28.3. The standard InChI is InChI=1S/C73H57N5Si/c1-6-21-51(22-7-1)53-37-39-66-62(47-53)63-48-54(52-23-8-2-9-24-52)38-40-67(63)77(66)71-74-70(55-25-20-32-61(46-55)79(58-26-10-3-11-27-58,59-28-12-4-13-29-59)60-30-14-5-15-31-60)75-72(76-71)78-68-35-18-16-33-64(68)73(65-34-17-19-36-69(65)78)56-42-49-41-50(44-56)45-57(73)43-49/h1-40,46-50,56-57H,41-45H2. The summed E-state index contributed by atoms with van der Waals surface area (Å²) in [6, 6.07) is 96.4. The van der Waals surface area contributed by atoms with Crippen molar-refractivity contribution in [3.8, 4) is 39.6 Å². The second kappa shape index (κ2) is 18.3. The summed E-state index contributed by atoms with van der Waals surface area (Å²) in [5.41, 5.74) is 12.8. The van der Waals surface area contributed by atoms with E-state index in [0.717, 1.165) is 50.3 Å². The molecule has 0 amide bonds. The van der Waals surface area contributed by atoms with Crippen molar-refractivity contribution >= 4 is 67.9 Å². The zero-order valence-electron chi connectivity index (χ0n) is 43.9. The topological polar surface area (TPSA) is 46.8 Å². The van der Waals surface area contributed by atoms with E-state index in [1.807, 2.05) is 0 Å². The van der Waals surface area contributed by atoms with Crippen LogP contribution in [0.1, 0.15) is 43.2 Å². The number of anilines is 3. The normalized spacial score (nSPS) is 18.7. The molecule has 79 heavy (non-hydrogen) atoms. The van der Waals surface area contributed by atoms with E-state index in [1.54, 1.807) is 0 Å². The number of hydrogen-bond acceptors (Lipinski definition) is 4. The van der Waals surface area contributed by atoms with Crippen LogP contribution >= 0.6 is 0 Å². The zero-order valence-corrected chi connectivity index (χ0v) is 44.9. The van der Waals surface area contributed by atoms with Crippen LogP contribution in [0.3, 0.4) is 0 Å². The van der Waals surface area contributed by atoms with Crippen molar-refractivity contribution < 1.29 is 0 Å². The summed E-state index contributed by atoms with van der Waals surface area (Å²) < 4.78 is 2.30. The van der Waals surface area contributed by atoms with Gasteiger partial charge in [0, 0.05) is 21.8 Å². The van der Waals surface area contributed by atoms with Crippen LogP contribution in [0.2, 0.25) is 0 Å². The van der Waals surface area contributed by atoms with Crippen molar-refractivity contribution in [3.05, 3.63) is 272 Å². The Morgan fingerprint density at radius 2 is 0.759 bits per heavy atom. The zero-order chi connectivity index (χ0) is 52.1. The summed E-state index contributed by atoms with van der Waals surface area (Å²) in [6.07, 6.45) is 6.62. The number of benzene rings is 10. The lowest BCUT2D eigenvalue weighted by Crippen LogP contribution is -2.74. The van der Waals surface area contributed by atoms with Crippen LogP contribution in [0.4, 0.5) is 17.3 Å². The Bertz CT molecular complexity index is 4000. The van der Waals surface area contributed by atoms with Crippen LogP contribution in [-0.4, -0.2) is 27.6 Å². The molecule has 5 aliphatic rings. The summed E-state index contributed by atoms with van der Waals surface area (Å²) >= 11 is 0. The average molecular weight is 1030 g/mol. The second-order valence-corrected chi connectivity index (χ2v) is 26.6. The quantitative estimate of drug-likeness (QED) is 0.107. The van der Waals surface area contributed by atoms with Crippen LogP contribution in [0.15, 0.2) is 261 Å². The van der Waals surface area contributed by atoms with Crippen molar-refractivity contribution in [2.75, 3.05) is 4.90 Å². The molecule has 0 atom stereocenters. The van der Waals surface area contributed by atoms with Gasteiger partial charge in [0.2, 0.25) is 11.9 Å². The number of hydrogen-bond donors (Lipinski definition) is 0. The summed E-state index contributed by atoms with van der Waals surface area (Å²) in [7, 11) is -2.93. The van der Waals surface area contributed by atoms with Gasteiger partial charge in [-0.1, -0.05) is 224 Å². The first-order valence-electron chi connectivity index (χ1n) is 28.3. The number of para-hydroxylation sites is 2. The lowest BCUT2D eigenvalue weighted by Gasteiger charge is -2.64. The molecule has 3 heterocycles.